The van der Waals surface area contributed by atoms with Gasteiger partial charge in [0.25, 0.3) is 0 Å². The van der Waals surface area contributed by atoms with Crippen LogP contribution in [0.4, 0.5) is 0 Å². The minimum absolute atomic E-state index is 0.394. The first-order valence-corrected chi connectivity index (χ1v) is 11.1. The summed E-state index contributed by atoms with van der Waals surface area (Å²) in [6.45, 7) is 4.29. The SMILES string of the molecule is Cn1c(SCC2CCCO2)nnc1C1CCN(Cc2ccsc2)CC1. The summed E-state index contributed by atoms with van der Waals surface area (Å²) in [4.78, 5) is 2.56. The van der Waals surface area contributed by atoms with Crippen molar-refractivity contribution in [3.05, 3.63) is 28.2 Å². The van der Waals surface area contributed by atoms with E-state index in [4.69, 9.17) is 4.74 Å². The second-order valence-corrected chi connectivity index (χ2v) is 8.80. The molecule has 25 heavy (non-hydrogen) atoms. The van der Waals surface area contributed by atoms with Crippen molar-refractivity contribution in [1.82, 2.24) is 19.7 Å². The van der Waals surface area contributed by atoms with E-state index >= 15 is 0 Å². The third-order valence-corrected chi connectivity index (χ3v) is 7.11. The molecule has 2 aromatic rings. The van der Waals surface area contributed by atoms with E-state index in [0.717, 1.165) is 43.0 Å². The number of thiophene rings is 1. The molecule has 2 saturated heterocycles. The molecule has 0 saturated carbocycles. The Morgan fingerprint density at radius 3 is 2.88 bits per heavy atom. The standard InChI is InChI=1S/C18H26N4OS2/c1-21-17(19-20-18(21)25-13-16-3-2-9-23-16)15-4-7-22(8-5-15)11-14-6-10-24-12-14/h6,10,12,15-16H,2-5,7-9,11,13H2,1H3. The van der Waals surface area contributed by atoms with E-state index < -0.39 is 0 Å². The number of ether oxygens (including phenoxy) is 1. The highest BCUT2D eigenvalue weighted by Gasteiger charge is 2.26. The van der Waals surface area contributed by atoms with E-state index in [1.165, 1.54) is 31.2 Å². The van der Waals surface area contributed by atoms with Gasteiger partial charge in [0.2, 0.25) is 0 Å². The second-order valence-electron chi connectivity index (χ2n) is 7.03. The molecule has 0 bridgehead atoms. The molecule has 1 atom stereocenters. The highest BCUT2D eigenvalue weighted by Crippen LogP contribution is 2.30. The van der Waals surface area contributed by atoms with Crippen molar-refractivity contribution in [2.75, 3.05) is 25.4 Å². The number of aromatic nitrogens is 3. The van der Waals surface area contributed by atoms with Gasteiger partial charge in [-0.3, -0.25) is 4.90 Å². The minimum Gasteiger partial charge on any atom is -0.377 e. The van der Waals surface area contributed by atoms with Crippen LogP contribution in [0, 0.1) is 0 Å². The van der Waals surface area contributed by atoms with E-state index in [9.17, 15) is 0 Å². The van der Waals surface area contributed by atoms with Crippen LogP contribution in [-0.2, 0) is 18.3 Å². The number of thioether (sulfide) groups is 1. The molecular weight excluding hydrogens is 352 g/mol. The minimum atomic E-state index is 0.394. The zero-order valence-corrected chi connectivity index (χ0v) is 16.4. The molecule has 0 amide bonds. The van der Waals surface area contributed by atoms with Gasteiger partial charge in [-0.2, -0.15) is 11.3 Å². The van der Waals surface area contributed by atoms with Crippen LogP contribution in [0.5, 0.6) is 0 Å². The average Bonchev–Trinajstić information content (AvgIpc) is 3.37. The van der Waals surface area contributed by atoms with Gasteiger partial charge in [-0.15, -0.1) is 10.2 Å². The van der Waals surface area contributed by atoms with E-state index in [0.29, 0.717) is 12.0 Å². The largest absolute Gasteiger partial charge is 0.377 e. The Morgan fingerprint density at radius 2 is 2.16 bits per heavy atom. The van der Waals surface area contributed by atoms with E-state index in [-0.39, 0.29) is 0 Å². The lowest BCUT2D eigenvalue weighted by atomic mass is 9.96. The Balaban J connectivity index is 1.30. The molecule has 0 spiro atoms. The molecule has 2 fully saturated rings. The van der Waals surface area contributed by atoms with Gasteiger partial charge in [0.05, 0.1) is 6.10 Å². The molecule has 2 aliphatic rings. The van der Waals surface area contributed by atoms with Crippen molar-refractivity contribution in [2.24, 2.45) is 7.05 Å². The molecule has 4 heterocycles. The van der Waals surface area contributed by atoms with E-state index in [1.807, 2.05) is 0 Å². The summed E-state index contributed by atoms with van der Waals surface area (Å²) < 4.78 is 7.92. The Bertz CT molecular complexity index is 659. The quantitative estimate of drug-likeness (QED) is 0.720. The Morgan fingerprint density at radius 1 is 1.28 bits per heavy atom. The molecule has 0 radical (unpaired) electrons. The van der Waals surface area contributed by atoms with Crippen molar-refractivity contribution in [3.63, 3.8) is 0 Å². The zero-order valence-electron chi connectivity index (χ0n) is 14.8. The average molecular weight is 379 g/mol. The normalized spacial score (nSPS) is 22.7. The van der Waals surface area contributed by atoms with Crippen LogP contribution in [0.1, 0.15) is 43.0 Å². The number of rotatable bonds is 6. The fourth-order valence-electron chi connectivity index (χ4n) is 3.74. The number of hydrogen-bond donors (Lipinski definition) is 0. The van der Waals surface area contributed by atoms with Crippen molar-refractivity contribution in [3.8, 4) is 0 Å². The van der Waals surface area contributed by atoms with E-state index in [1.54, 1.807) is 23.1 Å². The summed E-state index contributed by atoms with van der Waals surface area (Å²) in [7, 11) is 2.12. The predicted molar refractivity (Wildman–Crippen MR) is 102 cm³/mol. The van der Waals surface area contributed by atoms with Gasteiger partial charge >= 0.3 is 0 Å². The first-order chi connectivity index (χ1) is 12.3. The maximum atomic E-state index is 5.71. The highest BCUT2D eigenvalue weighted by molar-refractivity contribution is 7.99. The Hall–Kier alpha value is -0.890. The molecule has 136 valence electrons. The third-order valence-electron chi connectivity index (χ3n) is 5.23. The van der Waals surface area contributed by atoms with Gasteiger partial charge in [-0.25, -0.2) is 0 Å². The van der Waals surface area contributed by atoms with Crippen molar-refractivity contribution in [2.45, 2.75) is 49.4 Å². The zero-order chi connectivity index (χ0) is 17.1. The smallest absolute Gasteiger partial charge is 0.191 e. The van der Waals surface area contributed by atoms with Gasteiger partial charge in [-0.1, -0.05) is 11.8 Å². The lowest BCUT2D eigenvalue weighted by molar-refractivity contribution is 0.129. The molecule has 0 N–H and O–H groups in total. The van der Waals surface area contributed by atoms with Crippen LogP contribution in [0.25, 0.3) is 0 Å². The van der Waals surface area contributed by atoms with Crippen molar-refractivity contribution < 1.29 is 4.74 Å². The summed E-state index contributed by atoms with van der Waals surface area (Å²) in [6, 6.07) is 2.23. The maximum Gasteiger partial charge on any atom is 0.191 e. The second kappa shape index (κ2) is 8.20. The monoisotopic (exact) mass is 378 g/mol. The molecular formula is C18H26N4OS2. The summed E-state index contributed by atoms with van der Waals surface area (Å²) in [5, 5.41) is 14.4. The van der Waals surface area contributed by atoms with Crippen LogP contribution < -0.4 is 0 Å². The Labute approximate surface area is 157 Å². The highest BCUT2D eigenvalue weighted by atomic mass is 32.2. The van der Waals surface area contributed by atoms with Gasteiger partial charge in [0.15, 0.2) is 5.16 Å². The van der Waals surface area contributed by atoms with Gasteiger partial charge in [0, 0.05) is 31.9 Å². The molecule has 1 unspecified atom stereocenters. The van der Waals surface area contributed by atoms with E-state index in [2.05, 4.69) is 43.5 Å². The summed E-state index contributed by atoms with van der Waals surface area (Å²) in [5.41, 5.74) is 1.44. The molecule has 2 aromatic heterocycles. The number of likely N-dealkylation sites (tertiary alicyclic amines) is 1. The number of hydrogen-bond acceptors (Lipinski definition) is 6. The summed E-state index contributed by atoms with van der Waals surface area (Å²) in [6.07, 6.45) is 5.11. The van der Waals surface area contributed by atoms with Crippen LogP contribution in [0.3, 0.4) is 0 Å². The third kappa shape index (κ3) is 4.27. The van der Waals surface area contributed by atoms with Gasteiger partial charge in [-0.05, 0) is 61.2 Å². The molecule has 5 nitrogen and oxygen atoms in total. The molecule has 0 aromatic carbocycles. The fourth-order valence-corrected chi connectivity index (χ4v) is 5.38. The molecule has 7 heteroatoms. The van der Waals surface area contributed by atoms with Crippen molar-refractivity contribution >= 4 is 23.1 Å². The van der Waals surface area contributed by atoms with Crippen LogP contribution >= 0.6 is 23.1 Å². The predicted octanol–water partition coefficient (Wildman–Crippen LogP) is 3.53. The number of piperidine rings is 1. The lowest BCUT2D eigenvalue weighted by Gasteiger charge is -2.31. The lowest BCUT2D eigenvalue weighted by Crippen LogP contribution is -2.33. The Kier molecular flexibility index (Phi) is 5.75. The molecule has 4 rings (SSSR count). The number of nitrogens with zero attached hydrogens (tertiary/aromatic N) is 4. The van der Waals surface area contributed by atoms with Crippen molar-refractivity contribution in [1.29, 1.82) is 0 Å². The summed E-state index contributed by atoms with van der Waals surface area (Å²) >= 11 is 3.57. The first-order valence-electron chi connectivity index (χ1n) is 9.16. The first kappa shape index (κ1) is 17.5. The van der Waals surface area contributed by atoms with Gasteiger partial charge in [0.1, 0.15) is 5.82 Å². The van der Waals surface area contributed by atoms with Gasteiger partial charge < -0.3 is 9.30 Å². The van der Waals surface area contributed by atoms with Crippen LogP contribution in [0.2, 0.25) is 0 Å². The summed E-state index contributed by atoms with van der Waals surface area (Å²) in [5.74, 6) is 2.68. The maximum absolute atomic E-state index is 5.71. The fraction of sp³-hybridized carbons (Fsp3) is 0.667. The topological polar surface area (TPSA) is 43.2 Å². The molecule has 0 aliphatic carbocycles. The molecule has 2 aliphatic heterocycles. The van der Waals surface area contributed by atoms with Crippen LogP contribution in [0.15, 0.2) is 22.0 Å². The van der Waals surface area contributed by atoms with Crippen LogP contribution in [-0.4, -0.2) is 51.2 Å².